The average Bonchev–Trinajstić information content (AvgIpc) is 3.11. The number of benzene rings is 2. The van der Waals surface area contributed by atoms with Gasteiger partial charge in [-0.1, -0.05) is 51.1 Å². The van der Waals surface area contributed by atoms with Gasteiger partial charge in [0.1, 0.15) is 6.26 Å². The fraction of sp³-hybridized carbons (Fsp3) is 0.273. The molecule has 0 spiro atoms. The summed E-state index contributed by atoms with van der Waals surface area (Å²) in [6.07, 6.45) is 2.27. The highest BCUT2D eigenvalue weighted by Crippen LogP contribution is 2.22. The highest BCUT2D eigenvalue weighted by molar-refractivity contribution is 5.94. The van der Waals surface area contributed by atoms with Crippen LogP contribution in [0.3, 0.4) is 0 Å². The Morgan fingerprint density at radius 2 is 1.73 bits per heavy atom. The van der Waals surface area contributed by atoms with Crippen LogP contribution in [-0.2, 0) is 11.8 Å². The van der Waals surface area contributed by atoms with E-state index in [1.165, 1.54) is 5.56 Å². The number of carbonyl (C=O) groups is 1. The van der Waals surface area contributed by atoms with Gasteiger partial charge in [-0.25, -0.2) is 4.98 Å². The van der Waals surface area contributed by atoms with Crippen molar-refractivity contribution in [2.45, 2.75) is 32.6 Å². The molecule has 2 aromatic carbocycles. The summed E-state index contributed by atoms with van der Waals surface area (Å²) in [5.74, 6) is 0.530. The number of nitrogens with one attached hydrogen (secondary N) is 1. The minimum absolute atomic E-state index is 0.0720. The summed E-state index contributed by atoms with van der Waals surface area (Å²) in [7, 11) is 0. The minimum Gasteiger partial charge on any atom is -0.444 e. The van der Waals surface area contributed by atoms with Gasteiger partial charge in [-0.2, -0.15) is 0 Å². The SMILES string of the molecule is CC(C)(C)c1ccc(C(=O)NCCc2coc(-c3ccccc3)n2)cc1. The van der Waals surface area contributed by atoms with E-state index in [2.05, 4.69) is 31.1 Å². The van der Waals surface area contributed by atoms with E-state index in [-0.39, 0.29) is 11.3 Å². The Balaban J connectivity index is 1.53. The summed E-state index contributed by atoms with van der Waals surface area (Å²) in [4.78, 5) is 16.7. The van der Waals surface area contributed by atoms with Crippen molar-refractivity contribution in [3.63, 3.8) is 0 Å². The minimum atomic E-state index is -0.0720. The molecule has 0 aliphatic heterocycles. The van der Waals surface area contributed by atoms with Crippen molar-refractivity contribution in [1.82, 2.24) is 10.3 Å². The summed E-state index contributed by atoms with van der Waals surface area (Å²) in [6.45, 7) is 6.98. The molecule has 4 nitrogen and oxygen atoms in total. The molecular formula is C22H24N2O2. The zero-order valence-electron chi connectivity index (χ0n) is 15.5. The van der Waals surface area contributed by atoms with Gasteiger partial charge in [0.15, 0.2) is 0 Å². The Bertz CT molecular complexity index is 859. The smallest absolute Gasteiger partial charge is 0.251 e. The summed E-state index contributed by atoms with van der Waals surface area (Å²) < 4.78 is 5.51. The first kappa shape index (κ1) is 17.9. The van der Waals surface area contributed by atoms with Crippen molar-refractivity contribution >= 4 is 5.91 Å². The molecule has 1 N–H and O–H groups in total. The van der Waals surface area contributed by atoms with Crippen LogP contribution in [0.5, 0.6) is 0 Å². The van der Waals surface area contributed by atoms with E-state index in [1.54, 1.807) is 6.26 Å². The molecule has 26 heavy (non-hydrogen) atoms. The largest absolute Gasteiger partial charge is 0.444 e. The second-order valence-corrected chi connectivity index (χ2v) is 7.34. The Hall–Kier alpha value is -2.88. The summed E-state index contributed by atoms with van der Waals surface area (Å²) >= 11 is 0. The van der Waals surface area contributed by atoms with Crippen molar-refractivity contribution in [1.29, 1.82) is 0 Å². The van der Waals surface area contributed by atoms with Crippen LogP contribution in [0.4, 0.5) is 0 Å². The van der Waals surface area contributed by atoms with Gasteiger partial charge in [0.05, 0.1) is 5.69 Å². The number of oxazole rings is 1. The summed E-state index contributed by atoms with van der Waals surface area (Å²) in [6, 6.07) is 17.5. The molecule has 0 bridgehead atoms. The van der Waals surface area contributed by atoms with Crippen LogP contribution < -0.4 is 5.32 Å². The lowest BCUT2D eigenvalue weighted by Gasteiger charge is -2.19. The second kappa shape index (κ2) is 7.56. The molecule has 3 rings (SSSR count). The quantitative estimate of drug-likeness (QED) is 0.732. The molecule has 134 valence electrons. The molecule has 0 saturated carbocycles. The monoisotopic (exact) mass is 348 g/mol. The Kier molecular flexibility index (Phi) is 5.21. The molecule has 4 heteroatoms. The van der Waals surface area contributed by atoms with Crippen molar-refractivity contribution in [3.8, 4) is 11.5 Å². The molecular weight excluding hydrogens is 324 g/mol. The van der Waals surface area contributed by atoms with Gasteiger partial charge in [-0.15, -0.1) is 0 Å². The first-order chi connectivity index (χ1) is 12.4. The second-order valence-electron chi connectivity index (χ2n) is 7.34. The molecule has 0 atom stereocenters. The van der Waals surface area contributed by atoms with Crippen LogP contribution in [0.25, 0.3) is 11.5 Å². The third kappa shape index (κ3) is 4.39. The molecule has 1 heterocycles. The first-order valence-corrected chi connectivity index (χ1v) is 8.82. The van der Waals surface area contributed by atoms with Gasteiger partial charge in [0.2, 0.25) is 5.89 Å². The van der Waals surface area contributed by atoms with Crippen molar-refractivity contribution in [3.05, 3.63) is 77.7 Å². The van der Waals surface area contributed by atoms with E-state index in [1.807, 2.05) is 54.6 Å². The molecule has 0 saturated heterocycles. The Morgan fingerprint density at radius 1 is 1.04 bits per heavy atom. The molecule has 0 radical (unpaired) electrons. The van der Waals surface area contributed by atoms with Crippen LogP contribution in [0.1, 0.15) is 42.4 Å². The highest BCUT2D eigenvalue weighted by atomic mass is 16.3. The lowest BCUT2D eigenvalue weighted by atomic mass is 9.87. The fourth-order valence-electron chi connectivity index (χ4n) is 2.66. The van der Waals surface area contributed by atoms with Crippen LogP contribution in [-0.4, -0.2) is 17.4 Å². The van der Waals surface area contributed by atoms with Gasteiger partial charge < -0.3 is 9.73 Å². The maximum absolute atomic E-state index is 12.3. The molecule has 1 amide bonds. The van der Waals surface area contributed by atoms with Crippen molar-refractivity contribution in [2.75, 3.05) is 6.54 Å². The number of amides is 1. The lowest BCUT2D eigenvalue weighted by Crippen LogP contribution is -2.25. The van der Waals surface area contributed by atoms with Gasteiger partial charge in [-0.3, -0.25) is 4.79 Å². The standard InChI is InChI=1S/C22H24N2O2/c1-22(2,3)18-11-9-16(10-12-18)20(25)23-14-13-19-15-26-21(24-19)17-7-5-4-6-8-17/h4-12,15H,13-14H2,1-3H3,(H,23,25). The van der Waals surface area contributed by atoms with E-state index in [0.717, 1.165) is 11.3 Å². The first-order valence-electron chi connectivity index (χ1n) is 8.82. The Morgan fingerprint density at radius 3 is 2.38 bits per heavy atom. The highest BCUT2D eigenvalue weighted by Gasteiger charge is 2.14. The van der Waals surface area contributed by atoms with E-state index in [4.69, 9.17) is 4.42 Å². The number of nitrogens with zero attached hydrogens (tertiary/aromatic N) is 1. The number of carbonyl (C=O) groups excluding carboxylic acids is 1. The summed E-state index contributed by atoms with van der Waals surface area (Å²) in [5.41, 5.74) is 3.74. The van der Waals surface area contributed by atoms with Crippen LogP contribution >= 0.6 is 0 Å². The maximum atomic E-state index is 12.3. The van der Waals surface area contributed by atoms with Gasteiger partial charge in [0, 0.05) is 24.1 Å². The summed E-state index contributed by atoms with van der Waals surface area (Å²) in [5, 5.41) is 2.93. The predicted molar refractivity (Wildman–Crippen MR) is 103 cm³/mol. The number of hydrogen-bond donors (Lipinski definition) is 1. The van der Waals surface area contributed by atoms with E-state index in [0.29, 0.717) is 24.4 Å². The van der Waals surface area contributed by atoms with Crippen LogP contribution in [0.15, 0.2) is 65.3 Å². The fourth-order valence-corrected chi connectivity index (χ4v) is 2.66. The Labute approximate surface area is 154 Å². The van der Waals surface area contributed by atoms with Gasteiger partial charge >= 0.3 is 0 Å². The number of rotatable bonds is 5. The third-order valence-electron chi connectivity index (χ3n) is 4.25. The molecule has 0 aliphatic carbocycles. The zero-order valence-corrected chi connectivity index (χ0v) is 15.5. The van der Waals surface area contributed by atoms with Crippen LogP contribution in [0, 0.1) is 0 Å². The van der Waals surface area contributed by atoms with E-state index < -0.39 is 0 Å². The third-order valence-corrected chi connectivity index (χ3v) is 4.25. The molecule has 3 aromatic rings. The van der Waals surface area contributed by atoms with Crippen LogP contribution in [0.2, 0.25) is 0 Å². The van der Waals surface area contributed by atoms with Gasteiger partial charge in [-0.05, 0) is 35.2 Å². The molecule has 0 aliphatic rings. The number of aromatic nitrogens is 1. The topological polar surface area (TPSA) is 55.1 Å². The normalized spacial score (nSPS) is 11.3. The molecule has 0 unspecified atom stereocenters. The maximum Gasteiger partial charge on any atom is 0.251 e. The average molecular weight is 348 g/mol. The molecule has 0 fully saturated rings. The predicted octanol–water partition coefficient (Wildman–Crippen LogP) is 4.61. The lowest BCUT2D eigenvalue weighted by molar-refractivity contribution is 0.0954. The zero-order chi connectivity index (χ0) is 18.6. The number of hydrogen-bond acceptors (Lipinski definition) is 3. The van der Waals surface area contributed by atoms with E-state index in [9.17, 15) is 4.79 Å². The van der Waals surface area contributed by atoms with Crippen molar-refractivity contribution < 1.29 is 9.21 Å². The molecule has 1 aromatic heterocycles. The van der Waals surface area contributed by atoms with Crippen molar-refractivity contribution in [2.24, 2.45) is 0 Å². The van der Waals surface area contributed by atoms with E-state index >= 15 is 0 Å². The van der Waals surface area contributed by atoms with Gasteiger partial charge in [0.25, 0.3) is 5.91 Å².